The molecule has 5 rings (SSSR count). The van der Waals surface area contributed by atoms with Crippen LogP contribution in [0.1, 0.15) is 40.9 Å². The van der Waals surface area contributed by atoms with Crippen molar-refractivity contribution in [2.24, 2.45) is 10.9 Å². The van der Waals surface area contributed by atoms with Crippen molar-refractivity contribution in [1.29, 1.82) is 0 Å². The van der Waals surface area contributed by atoms with Crippen LogP contribution in [0.25, 0.3) is 0 Å². The highest BCUT2D eigenvalue weighted by Crippen LogP contribution is 2.30. The third-order valence-electron chi connectivity index (χ3n) is 7.47. The van der Waals surface area contributed by atoms with Crippen LogP contribution in [0.3, 0.4) is 0 Å². The number of nitrogens with zero attached hydrogens (tertiary/aromatic N) is 4. The Labute approximate surface area is 209 Å². The van der Waals surface area contributed by atoms with E-state index in [-0.39, 0.29) is 11.9 Å². The van der Waals surface area contributed by atoms with Gasteiger partial charge in [0, 0.05) is 37.4 Å². The third kappa shape index (κ3) is 4.90. The van der Waals surface area contributed by atoms with Gasteiger partial charge in [0.1, 0.15) is 6.04 Å². The zero-order valence-electron chi connectivity index (χ0n) is 21.4. The van der Waals surface area contributed by atoms with Gasteiger partial charge < -0.3 is 9.47 Å². The molecule has 0 aliphatic carbocycles. The molecular weight excluding hydrogens is 432 g/mol. The summed E-state index contributed by atoms with van der Waals surface area (Å²) in [4.78, 5) is 23.0. The Kier molecular flexibility index (Phi) is 6.50. The van der Waals surface area contributed by atoms with E-state index in [0.717, 1.165) is 60.8 Å². The summed E-state index contributed by atoms with van der Waals surface area (Å²) in [5.74, 6) is 1.55. The topological polar surface area (TPSA) is 40.8 Å². The molecule has 1 unspecified atom stereocenters. The summed E-state index contributed by atoms with van der Waals surface area (Å²) in [5, 5.41) is 0. The second kappa shape index (κ2) is 9.73. The fourth-order valence-electron chi connectivity index (χ4n) is 5.58. The zero-order chi connectivity index (χ0) is 24.5. The number of likely N-dealkylation sites (tertiary alicyclic amines) is 1. The summed E-state index contributed by atoms with van der Waals surface area (Å²) in [5.41, 5.74) is 7.07. The van der Waals surface area contributed by atoms with E-state index < -0.39 is 0 Å². The van der Waals surface area contributed by atoms with E-state index in [1.165, 1.54) is 11.4 Å². The summed E-state index contributed by atoms with van der Waals surface area (Å²) < 4.78 is 2.44. The van der Waals surface area contributed by atoms with Crippen molar-refractivity contribution in [3.63, 3.8) is 0 Å². The molecule has 0 saturated carbocycles. The second-order valence-corrected chi connectivity index (χ2v) is 10.3. The number of hydrogen-bond donors (Lipinski definition) is 0. The van der Waals surface area contributed by atoms with E-state index in [4.69, 9.17) is 4.99 Å². The van der Waals surface area contributed by atoms with Crippen molar-refractivity contribution in [1.82, 2.24) is 9.47 Å². The molecule has 5 heteroatoms. The first-order valence-corrected chi connectivity index (χ1v) is 12.8. The molecule has 35 heavy (non-hydrogen) atoms. The second-order valence-electron chi connectivity index (χ2n) is 10.3. The summed E-state index contributed by atoms with van der Waals surface area (Å²) in [7, 11) is 0. The van der Waals surface area contributed by atoms with Gasteiger partial charge in [0.25, 0.3) is 5.91 Å². The number of amides is 1. The molecule has 2 aliphatic rings. The number of hydrogen-bond acceptors (Lipinski definition) is 3. The molecule has 1 aromatic heterocycles. The van der Waals surface area contributed by atoms with Crippen molar-refractivity contribution in [2.45, 2.75) is 59.5 Å². The van der Waals surface area contributed by atoms with Gasteiger partial charge in [-0.3, -0.25) is 4.79 Å². The van der Waals surface area contributed by atoms with E-state index in [1.54, 1.807) is 0 Å². The number of carbonyl (C=O) groups is 1. The van der Waals surface area contributed by atoms with Crippen LogP contribution in [-0.4, -0.2) is 40.5 Å². The van der Waals surface area contributed by atoms with Crippen molar-refractivity contribution in [2.75, 3.05) is 18.0 Å². The van der Waals surface area contributed by atoms with E-state index in [9.17, 15) is 4.79 Å². The quantitative estimate of drug-likeness (QED) is 0.500. The van der Waals surface area contributed by atoms with E-state index in [2.05, 4.69) is 79.6 Å². The number of guanidine groups is 1. The zero-order valence-corrected chi connectivity index (χ0v) is 21.4. The predicted molar refractivity (Wildman–Crippen MR) is 143 cm³/mol. The molecule has 1 amide bonds. The Balaban J connectivity index is 1.38. The molecule has 3 heterocycles. The number of piperidine rings is 1. The van der Waals surface area contributed by atoms with E-state index in [0.29, 0.717) is 12.3 Å². The van der Waals surface area contributed by atoms with E-state index >= 15 is 0 Å². The number of benzene rings is 2. The maximum atomic E-state index is 13.7. The average molecular weight is 469 g/mol. The van der Waals surface area contributed by atoms with Crippen LogP contribution in [0.5, 0.6) is 0 Å². The van der Waals surface area contributed by atoms with Crippen molar-refractivity contribution >= 4 is 17.6 Å². The molecule has 1 atom stereocenters. The maximum Gasteiger partial charge on any atom is 0.259 e. The van der Waals surface area contributed by atoms with Gasteiger partial charge in [0.15, 0.2) is 0 Å². The van der Waals surface area contributed by atoms with Crippen molar-refractivity contribution < 1.29 is 4.79 Å². The standard InChI is InChI=1S/C30H36N4O/c1-21-16-22(2)18-27(17-21)34-29(35)28(19-25-8-6-5-7-9-25)31-30(34)32-14-12-26(13-15-32)20-33-23(3)10-11-24(33)4/h5-11,16-18,26,28H,12-15,19-20H2,1-4H3. The van der Waals surface area contributed by atoms with Crippen LogP contribution in [-0.2, 0) is 17.8 Å². The first-order valence-electron chi connectivity index (χ1n) is 12.8. The number of aryl methyl sites for hydroxylation is 4. The number of anilines is 1. The molecule has 5 nitrogen and oxygen atoms in total. The lowest BCUT2D eigenvalue weighted by Crippen LogP contribution is -2.48. The van der Waals surface area contributed by atoms with Crippen LogP contribution in [0.15, 0.2) is 65.7 Å². The number of aliphatic imine (C=N–C) groups is 1. The highest BCUT2D eigenvalue weighted by atomic mass is 16.2. The molecule has 2 aliphatic heterocycles. The Morgan fingerprint density at radius 3 is 2.11 bits per heavy atom. The van der Waals surface area contributed by atoms with Crippen LogP contribution in [0.2, 0.25) is 0 Å². The van der Waals surface area contributed by atoms with Gasteiger partial charge in [-0.05, 0) is 87.4 Å². The number of rotatable bonds is 5. The molecule has 2 aromatic carbocycles. The molecule has 182 valence electrons. The van der Waals surface area contributed by atoms with Crippen LogP contribution >= 0.6 is 0 Å². The van der Waals surface area contributed by atoms with Gasteiger partial charge in [-0.15, -0.1) is 0 Å². The SMILES string of the molecule is Cc1cc(C)cc(N2C(=O)C(Cc3ccccc3)N=C2N2CCC(Cn3c(C)ccc3C)CC2)c1. The Morgan fingerprint density at radius 2 is 1.49 bits per heavy atom. The molecule has 1 fully saturated rings. The Bertz CT molecular complexity index is 1190. The summed E-state index contributed by atoms with van der Waals surface area (Å²) in [6.07, 6.45) is 2.84. The minimum Gasteiger partial charge on any atom is -0.349 e. The van der Waals surface area contributed by atoms with Gasteiger partial charge in [-0.1, -0.05) is 36.4 Å². The third-order valence-corrected chi connectivity index (χ3v) is 7.47. The molecule has 0 radical (unpaired) electrons. The highest BCUT2D eigenvalue weighted by molar-refractivity contribution is 6.22. The van der Waals surface area contributed by atoms with Gasteiger partial charge in [-0.25, -0.2) is 9.89 Å². The summed E-state index contributed by atoms with van der Waals surface area (Å²) in [6.45, 7) is 11.5. The molecular formula is C30H36N4O. The first kappa shape index (κ1) is 23.4. The minimum absolute atomic E-state index is 0.0783. The lowest BCUT2D eigenvalue weighted by molar-refractivity contribution is -0.118. The summed E-state index contributed by atoms with van der Waals surface area (Å²) >= 11 is 0. The molecule has 1 saturated heterocycles. The predicted octanol–water partition coefficient (Wildman–Crippen LogP) is 5.45. The average Bonchev–Trinajstić information content (AvgIpc) is 3.33. The fraction of sp³-hybridized carbons (Fsp3) is 0.400. The monoisotopic (exact) mass is 468 g/mol. The smallest absolute Gasteiger partial charge is 0.259 e. The maximum absolute atomic E-state index is 13.7. The lowest BCUT2D eigenvalue weighted by atomic mass is 9.96. The number of aromatic nitrogens is 1. The van der Waals surface area contributed by atoms with Gasteiger partial charge in [0.05, 0.1) is 5.69 Å². The van der Waals surface area contributed by atoms with Crippen molar-refractivity contribution in [3.8, 4) is 0 Å². The number of carbonyl (C=O) groups excluding carboxylic acids is 1. The van der Waals surface area contributed by atoms with Crippen LogP contribution in [0.4, 0.5) is 5.69 Å². The summed E-state index contributed by atoms with van der Waals surface area (Å²) in [6, 6.07) is 20.6. The van der Waals surface area contributed by atoms with Gasteiger partial charge in [0.2, 0.25) is 5.96 Å². The van der Waals surface area contributed by atoms with Crippen LogP contribution < -0.4 is 4.90 Å². The molecule has 0 bridgehead atoms. The molecule has 0 spiro atoms. The normalized spacial score (nSPS) is 18.9. The molecule has 0 N–H and O–H groups in total. The van der Waals surface area contributed by atoms with Crippen LogP contribution in [0, 0.1) is 33.6 Å². The highest BCUT2D eigenvalue weighted by Gasteiger charge is 2.39. The first-order chi connectivity index (χ1) is 16.9. The Morgan fingerprint density at radius 1 is 0.857 bits per heavy atom. The van der Waals surface area contributed by atoms with Gasteiger partial charge in [-0.2, -0.15) is 0 Å². The lowest BCUT2D eigenvalue weighted by Gasteiger charge is -2.36. The fourth-order valence-corrected chi connectivity index (χ4v) is 5.58. The molecule has 3 aromatic rings. The minimum atomic E-state index is -0.379. The largest absolute Gasteiger partial charge is 0.349 e. The van der Waals surface area contributed by atoms with Crippen molar-refractivity contribution in [3.05, 3.63) is 88.7 Å². The Hall–Kier alpha value is -3.34. The van der Waals surface area contributed by atoms with E-state index in [1.807, 2.05) is 23.1 Å². The van der Waals surface area contributed by atoms with Gasteiger partial charge >= 0.3 is 0 Å².